The standard InChI is InChI=1S/C9H9BrF2N4O/c1-16(9(17)15-8(13)14)7-5(10)2-4(11)3-6(7)12/h2-3H,1H3,(H4,13,14,15,17). The molecule has 0 aliphatic heterocycles. The Labute approximate surface area is 104 Å². The predicted molar refractivity (Wildman–Crippen MR) is 63.7 cm³/mol. The minimum Gasteiger partial charge on any atom is -0.370 e. The Morgan fingerprint density at radius 3 is 2.47 bits per heavy atom. The second-order valence-electron chi connectivity index (χ2n) is 3.10. The first-order valence-electron chi connectivity index (χ1n) is 4.34. The number of aliphatic imine (C=N–C) groups is 1. The van der Waals surface area contributed by atoms with Crippen LogP contribution in [0.15, 0.2) is 21.6 Å². The minimum absolute atomic E-state index is 0.0802. The van der Waals surface area contributed by atoms with Crippen LogP contribution < -0.4 is 16.4 Å². The molecule has 2 amide bonds. The molecule has 0 aromatic heterocycles. The van der Waals surface area contributed by atoms with E-state index in [1.807, 2.05) is 0 Å². The van der Waals surface area contributed by atoms with Crippen LogP contribution in [0.3, 0.4) is 0 Å². The number of benzene rings is 1. The van der Waals surface area contributed by atoms with E-state index in [0.29, 0.717) is 6.07 Å². The van der Waals surface area contributed by atoms with Crippen LogP contribution in [0, 0.1) is 11.6 Å². The Bertz CT molecular complexity index is 465. The molecular weight excluding hydrogens is 298 g/mol. The molecule has 0 unspecified atom stereocenters. The summed E-state index contributed by atoms with van der Waals surface area (Å²) in [6.45, 7) is 0. The molecule has 8 heteroatoms. The van der Waals surface area contributed by atoms with Gasteiger partial charge < -0.3 is 11.5 Å². The highest BCUT2D eigenvalue weighted by Gasteiger charge is 2.18. The molecule has 0 spiro atoms. The molecule has 0 aliphatic carbocycles. The van der Waals surface area contributed by atoms with Gasteiger partial charge in [0.2, 0.25) is 0 Å². The van der Waals surface area contributed by atoms with Crippen molar-refractivity contribution in [3.63, 3.8) is 0 Å². The largest absolute Gasteiger partial charge is 0.370 e. The normalized spacial score (nSPS) is 9.88. The average Bonchev–Trinajstić information content (AvgIpc) is 2.14. The molecular formula is C9H9BrF2N4O. The smallest absolute Gasteiger partial charge is 0.351 e. The molecule has 0 saturated heterocycles. The van der Waals surface area contributed by atoms with Gasteiger partial charge in [-0.3, -0.25) is 4.90 Å². The molecule has 0 radical (unpaired) electrons. The molecule has 5 nitrogen and oxygen atoms in total. The number of nitrogens with zero attached hydrogens (tertiary/aromatic N) is 2. The van der Waals surface area contributed by atoms with Crippen molar-refractivity contribution in [2.24, 2.45) is 16.5 Å². The zero-order valence-corrected chi connectivity index (χ0v) is 10.3. The van der Waals surface area contributed by atoms with E-state index >= 15 is 0 Å². The molecule has 1 aromatic rings. The van der Waals surface area contributed by atoms with Gasteiger partial charge in [0.25, 0.3) is 0 Å². The number of rotatable bonds is 1. The number of anilines is 1. The number of hydrogen-bond donors (Lipinski definition) is 2. The molecule has 92 valence electrons. The lowest BCUT2D eigenvalue weighted by Crippen LogP contribution is -2.30. The van der Waals surface area contributed by atoms with Gasteiger partial charge in [-0.15, -0.1) is 0 Å². The lowest BCUT2D eigenvalue weighted by atomic mass is 10.3. The fourth-order valence-corrected chi connectivity index (χ4v) is 1.81. The summed E-state index contributed by atoms with van der Waals surface area (Å²) >= 11 is 2.95. The first-order chi connectivity index (χ1) is 7.82. The van der Waals surface area contributed by atoms with Gasteiger partial charge in [-0.05, 0) is 22.0 Å². The summed E-state index contributed by atoms with van der Waals surface area (Å²) in [5, 5.41) is 0. The molecule has 1 rings (SSSR count). The summed E-state index contributed by atoms with van der Waals surface area (Å²) in [4.78, 5) is 15.5. The quantitative estimate of drug-likeness (QED) is 0.610. The van der Waals surface area contributed by atoms with Crippen molar-refractivity contribution in [1.82, 2.24) is 0 Å². The third kappa shape index (κ3) is 3.13. The molecule has 0 heterocycles. The molecule has 4 N–H and O–H groups in total. The van der Waals surface area contributed by atoms with Crippen LogP contribution in [-0.2, 0) is 0 Å². The Morgan fingerprint density at radius 2 is 2.00 bits per heavy atom. The predicted octanol–water partition coefficient (Wildman–Crippen LogP) is 1.56. The summed E-state index contributed by atoms with van der Waals surface area (Å²) in [5.41, 5.74) is 9.90. The van der Waals surface area contributed by atoms with Crippen molar-refractivity contribution in [3.05, 3.63) is 28.2 Å². The molecule has 0 aliphatic rings. The van der Waals surface area contributed by atoms with Crippen LogP contribution in [0.1, 0.15) is 0 Å². The van der Waals surface area contributed by atoms with Crippen LogP contribution in [0.25, 0.3) is 0 Å². The number of carbonyl (C=O) groups is 1. The molecule has 17 heavy (non-hydrogen) atoms. The highest BCUT2D eigenvalue weighted by atomic mass is 79.9. The fourth-order valence-electron chi connectivity index (χ4n) is 1.14. The van der Waals surface area contributed by atoms with Crippen LogP contribution >= 0.6 is 15.9 Å². The number of hydrogen-bond acceptors (Lipinski definition) is 1. The van der Waals surface area contributed by atoms with Gasteiger partial charge in [0.1, 0.15) is 5.82 Å². The maximum absolute atomic E-state index is 13.5. The maximum atomic E-state index is 13.5. The van der Waals surface area contributed by atoms with E-state index in [0.717, 1.165) is 11.0 Å². The second-order valence-corrected chi connectivity index (χ2v) is 3.95. The van der Waals surface area contributed by atoms with Gasteiger partial charge in [0.15, 0.2) is 11.8 Å². The Morgan fingerprint density at radius 1 is 1.41 bits per heavy atom. The number of guanidine groups is 1. The number of amides is 2. The van der Waals surface area contributed by atoms with Gasteiger partial charge in [-0.2, -0.15) is 4.99 Å². The topological polar surface area (TPSA) is 84.7 Å². The van der Waals surface area contributed by atoms with E-state index in [2.05, 4.69) is 20.9 Å². The van der Waals surface area contributed by atoms with Crippen LogP contribution in [0.2, 0.25) is 0 Å². The summed E-state index contributed by atoms with van der Waals surface area (Å²) in [6, 6.07) is 0.813. The third-order valence-electron chi connectivity index (χ3n) is 1.83. The van der Waals surface area contributed by atoms with Gasteiger partial charge in [0, 0.05) is 17.6 Å². The van der Waals surface area contributed by atoms with Crippen molar-refractivity contribution in [2.45, 2.75) is 0 Å². The lowest BCUT2D eigenvalue weighted by molar-refractivity contribution is 0.255. The highest BCUT2D eigenvalue weighted by molar-refractivity contribution is 9.10. The van der Waals surface area contributed by atoms with Crippen LogP contribution in [-0.4, -0.2) is 19.0 Å². The zero-order chi connectivity index (χ0) is 13.2. The van der Waals surface area contributed by atoms with E-state index in [4.69, 9.17) is 11.5 Å². The SMILES string of the molecule is CN(C(=O)N=C(N)N)c1c(F)cc(F)cc1Br. The lowest BCUT2D eigenvalue weighted by Gasteiger charge is -2.17. The van der Waals surface area contributed by atoms with Crippen LogP contribution in [0.5, 0.6) is 0 Å². The summed E-state index contributed by atoms with van der Waals surface area (Å²) in [7, 11) is 1.26. The molecule has 0 saturated carbocycles. The van der Waals surface area contributed by atoms with Crippen molar-refractivity contribution < 1.29 is 13.6 Å². The van der Waals surface area contributed by atoms with Crippen molar-refractivity contribution >= 4 is 33.6 Å². The van der Waals surface area contributed by atoms with E-state index in [1.165, 1.54) is 7.05 Å². The number of nitrogens with two attached hydrogens (primary N) is 2. The Hall–Kier alpha value is -1.70. The third-order valence-corrected chi connectivity index (χ3v) is 2.43. The van der Waals surface area contributed by atoms with Gasteiger partial charge in [0.05, 0.1) is 5.69 Å². The number of halogens is 3. The van der Waals surface area contributed by atoms with E-state index < -0.39 is 23.6 Å². The molecule has 0 bridgehead atoms. The van der Waals surface area contributed by atoms with E-state index in [-0.39, 0.29) is 10.2 Å². The van der Waals surface area contributed by atoms with E-state index in [1.54, 1.807) is 0 Å². The summed E-state index contributed by atoms with van der Waals surface area (Å²) in [6.07, 6.45) is 0. The highest BCUT2D eigenvalue weighted by Crippen LogP contribution is 2.30. The maximum Gasteiger partial charge on any atom is 0.351 e. The monoisotopic (exact) mass is 306 g/mol. The molecule has 1 aromatic carbocycles. The Kier molecular flexibility index (Phi) is 4.00. The second kappa shape index (κ2) is 5.09. The van der Waals surface area contributed by atoms with Crippen LogP contribution in [0.4, 0.5) is 19.3 Å². The van der Waals surface area contributed by atoms with E-state index in [9.17, 15) is 13.6 Å². The van der Waals surface area contributed by atoms with Gasteiger partial charge >= 0.3 is 6.03 Å². The van der Waals surface area contributed by atoms with Crippen molar-refractivity contribution in [3.8, 4) is 0 Å². The average molecular weight is 307 g/mol. The fraction of sp³-hybridized carbons (Fsp3) is 0.111. The number of carbonyl (C=O) groups excluding carboxylic acids is 1. The summed E-state index contributed by atoms with van der Waals surface area (Å²) in [5.74, 6) is -2.11. The summed E-state index contributed by atoms with van der Waals surface area (Å²) < 4.78 is 26.4. The first-order valence-corrected chi connectivity index (χ1v) is 5.14. The van der Waals surface area contributed by atoms with Crippen molar-refractivity contribution in [1.29, 1.82) is 0 Å². The van der Waals surface area contributed by atoms with Crippen molar-refractivity contribution in [2.75, 3.05) is 11.9 Å². The van der Waals surface area contributed by atoms with Gasteiger partial charge in [-0.25, -0.2) is 13.6 Å². The number of urea groups is 1. The Balaban J connectivity index is 3.17. The zero-order valence-electron chi connectivity index (χ0n) is 8.75. The minimum atomic E-state index is -0.904. The molecule has 0 atom stereocenters. The molecule has 0 fully saturated rings. The van der Waals surface area contributed by atoms with Gasteiger partial charge in [-0.1, -0.05) is 0 Å². The first kappa shape index (κ1) is 13.4.